The molecule has 0 unspecified atom stereocenters. The lowest BCUT2D eigenvalue weighted by atomic mass is 10.1. The number of carbonyl (C=O) groups excluding carboxylic acids is 1. The van der Waals surface area contributed by atoms with Gasteiger partial charge in [-0.25, -0.2) is 12.8 Å². The van der Waals surface area contributed by atoms with Gasteiger partial charge < -0.3 is 0 Å². The average molecular weight is 363 g/mol. The number of rotatable bonds is 7. The quantitative estimate of drug-likeness (QED) is 0.697. The second-order valence-electron chi connectivity index (χ2n) is 6.25. The first kappa shape index (κ1) is 19.1. The van der Waals surface area contributed by atoms with Gasteiger partial charge in [0.25, 0.3) is 10.0 Å². The lowest BCUT2D eigenvalue weighted by molar-refractivity contribution is 0.111. The van der Waals surface area contributed by atoms with E-state index in [2.05, 4.69) is 0 Å². The van der Waals surface area contributed by atoms with Crippen LogP contribution in [0.1, 0.15) is 36.7 Å². The van der Waals surface area contributed by atoms with E-state index in [1.54, 1.807) is 12.1 Å². The maximum absolute atomic E-state index is 13.5. The van der Waals surface area contributed by atoms with Crippen molar-refractivity contribution >= 4 is 22.0 Å². The smallest absolute Gasteiger partial charge is 0.264 e. The summed E-state index contributed by atoms with van der Waals surface area (Å²) in [6, 6.07) is 10.6. The van der Waals surface area contributed by atoms with Crippen molar-refractivity contribution in [1.82, 2.24) is 0 Å². The molecular formula is C19H22FNO3S. The molecule has 0 fully saturated rings. The summed E-state index contributed by atoms with van der Waals surface area (Å²) in [5.41, 5.74) is 1.38. The highest BCUT2D eigenvalue weighted by atomic mass is 32.2. The van der Waals surface area contributed by atoms with E-state index in [1.165, 1.54) is 10.4 Å². The number of anilines is 1. The van der Waals surface area contributed by atoms with E-state index in [-0.39, 0.29) is 22.9 Å². The van der Waals surface area contributed by atoms with Crippen LogP contribution in [0.2, 0.25) is 0 Å². The third kappa shape index (κ3) is 4.25. The number of hydrogen-bond donors (Lipinski definition) is 0. The molecule has 6 heteroatoms. The van der Waals surface area contributed by atoms with Crippen LogP contribution in [-0.4, -0.2) is 21.2 Å². The summed E-state index contributed by atoms with van der Waals surface area (Å²) < 4.78 is 41.0. The Balaban J connectivity index is 2.53. The van der Waals surface area contributed by atoms with Crippen LogP contribution >= 0.6 is 0 Å². The van der Waals surface area contributed by atoms with Gasteiger partial charge in [-0.05, 0) is 48.2 Å². The number of sulfonamides is 1. The van der Waals surface area contributed by atoms with Crippen LogP contribution in [-0.2, 0) is 16.4 Å². The number of halogens is 1. The van der Waals surface area contributed by atoms with Crippen molar-refractivity contribution in [3.05, 3.63) is 59.4 Å². The van der Waals surface area contributed by atoms with E-state index >= 15 is 0 Å². The lowest BCUT2D eigenvalue weighted by Crippen LogP contribution is -2.34. The highest BCUT2D eigenvalue weighted by molar-refractivity contribution is 7.92. The molecule has 0 heterocycles. The number of aldehydes is 1. The van der Waals surface area contributed by atoms with Gasteiger partial charge in [0.2, 0.25) is 0 Å². The minimum absolute atomic E-state index is 0.0895. The molecule has 2 aromatic carbocycles. The Morgan fingerprint density at radius 1 is 1.12 bits per heavy atom. The molecule has 0 aliphatic carbocycles. The predicted octanol–water partition coefficient (Wildman–Crippen LogP) is 4.05. The molecule has 0 atom stereocenters. The monoisotopic (exact) mass is 363 g/mol. The van der Waals surface area contributed by atoms with Crippen LogP contribution in [0.5, 0.6) is 0 Å². The van der Waals surface area contributed by atoms with Gasteiger partial charge in [-0.1, -0.05) is 32.9 Å². The maximum Gasteiger partial charge on any atom is 0.264 e. The molecule has 0 saturated heterocycles. The van der Waals surface area contributed by atoms with E-state index in [0.29, 0.717) is 12.0 Å². The zero-order valence-corrected chi connectivity index (χ0v) is 15.4. The first-order valence-corrected chi connectivity index (χ1v) is 9.60. The Morgan fingerprint density at radius 2 is 1.76 bits per heavy atom. The third-order valence-corrected chi connectivity index (χ3v) is 5.64. The van der Waals surface area contributed by atoms with Gasteiger partial charge in [0.15, 0.2) is 6.29 Å². The van der Waals surface area contributed by atoms with Gasteiger partial charge in [-0.15, -0.1) is 0 Å². The van der Waals surface area contributed by atoms with Gasteiger partial charge in [-0.3, -0.25) is 9.10 Å². The molecule has 0 saturated carbocycles. The van der Waals surface area contributed by atoms with Crippen LogP contribution < -0.4 is 4.31 Å². The van der Waals surface area contributed by atoms with Crippen molar-refractivity contribution in [2.75, 3.05) is 10.8 Å². The maximum atomic E-state index is 13.5. The van der Waals surface area contributed by atoms with Gasteiger partial charge in [0.1, 0.15) is 5.82 Å². The van der Waals surface area contributed by atoms with E-state index < -0.39 is 15.8 Å². The molecule has 0 aliphatic rings. The molecule has 25 heavy (non-hydrogen) atoms. The van der Waals surface area contributed by atoms with Gasteiger partial charge >= 0.3 is 0 Å². The lowest BCUT2D eigenvalue weighted by Gasteiger charge is -2.26. The molecule has 4 nitrogen and oxygen atoms in total. The van der Waals surface area contributed by atoms with Crippen LogP contribution in [0.4, 0.5) is 10.1 Å². The molecule has 0 N–H and O–H groups in total. The minimum Gasteiger partial charge on any atom is -0.298 e. The van der Waals surface area contributed by atoms with E-state index in [9.17, 15) is 17.6 Å². The van der Waals surface area contributed by atoms with Crippen molar-refractivity contribution in [2.24, 2.45) is 5.92 Å². The Morgan fingerprint density at radius 3 is 2.28 bits per heavy atom. The number of benzene rings is 2. The van der Waals surface area contributed by atoms with Crippen molar-refractivity contribution in [3.8, 4) is 0 Å². The summed E-state index contributed by atoms with van der Waals surface area (Å²) in [7, 11) is -3.91. The SMILES string of the molecule is CCc1ccc(N(CC(C)C)S(=O)(=O)c2ccc(F)c(C=O)c2)cc1. The fourth-order valence-electron chi connectivity index (χ4n) is 2.47. The second-order valence-corrected chi connectivity index (χ2v) is 8.11. The molecule has 0 amide bonds. The van der Waals surface area contributed by atoms with E-state index in [4.69, 9.17) is 0 Å². The average Bonchev–Trinajstić information content (AvgIpc) is 2.59. The normalized spacial score (nSPS) is 11.6. The molecule has 0 radical (unpaired) electrons. The van der Waals surface area contributed by atoms with Gasteiger partial charge in [0, 0.05) is 6.54 Å². The summed E-state index contributed by atoms with van der Waals surface area (Å²) in [4.78, 5) is 10.8. The van der Waals surface area contributed by atoms with E-state index in [1.807, 2.05) is 32.9 Å². The first-order valence-electron chi connectivity index (χ1n) is 8.16. The van der Waals surface area contributed by atoms with Crippen LogP contribution in [0, 0.1) is 11.7 Å². The number of carbonyl (C=O) groups is 1. The fraction of sp³-hybridized carbons (Fsp3) is 0.316. The third-order valence-electron chi connectivity index (χ3n) is 3.85. The Bertz CT molecular complexity index is 845. The molecule has 2 rings (SSSR count). The van der Waals surface area contributed by atoms with Crippen LogP contribution in [0.25, 0.3) is 0 Å². The zero-order valence-electron chi connectivity index (χ0n) is 14.6. The molecule has 134 valence electrons. The highest BCUT2D eigenvalue weighted by Crippen LogP contribution is 2.26. The second kappa shape index (κ2) is 7.78. The Labute approximate surface area is 148 Å². The summed E-state index contributed by atoms with van der Waals surface area (Å²) in [6.45, 7) is 6.15. The van der Waals surface area contributed by atoms with Crippen LogP contribution in [0.15, 0.2) is 47.4 Å². The summed E-state index contributed by atoms with van der Waals surface area (Å²) >= 11 is 0. The first-order chi connectivity index (χ1) is 11.8. The van der Waals surface area contributed by atoms with Gasteiger partial charge in [0.05, 0.1) is 16.1 Å². The highest BCUT2D eigenvalue weighted by Gasteiger charge is 2.26. The minimum atomic E-state index is -3.91. The van der Waals surface area contributed by atoms with E-state index in [0.717, 1.165) is 24.1 Å². The summed E-state index contributed by atoms with van der Waals surface area (Å²) in [6.07, 6.45) is 1.18. The molecule has 0 aliphatic heterocycles. The molecule has 0 aromatic heterocycles. The summed E-state index contributed by atoms with van der Waals surface area (Å²) in [5.74, 6) is -0.650. The Kier molecular flexibility index (Phi) is 5.95. The summed E-state index contributed by atoms with van der Waals surface area (Å²) in [5, 5.41) is 0. The van der Waals surface area contributed by atoms with Gasteiger partial charge in [-0.2, -0.15) is 0 Å². The number of hydrogen-bond acceptors (Lipinski definition) is 3. The number of aryl methyl sites for hydroxylation is 1. The largest absolute Gasteiger partial charge is 0.298 e. The zero-order chi connectivity index (χ0) is 18.6. The van der Waals surface area contributed by atoms with Crippen molar-refractivity contribution in [3.63, 3.8) is 0 Å². The van der Waals surface area contributed by atoms with Crippen molar-refractivity contribution < 1.29 is 17.6 Å². The molecule has 2 aromatic rings. The standard InChI is InChI=1S/C19H22FNO3S/c1-4-15-5-7-17(8-6-15)21(12-14(2)3)25(23,24)18-9-10-19(20)16(11-18)13-22/h5-11,13-14H,4,12H2,1-3H3. The van der Waals surface area contributed by atoms with Crippen LogP contribution in [0.3, 0.4) is 0 Å². The molecular weight excluding hydrogens is 341 g/mol. The molecule has 0 spiro atoms. The topological polar surface area (TPSA) is 54.5 Å². The predicted molar refractivity (Wildman–Crippen MR) is 97.0 cm³/mol. The van der Waals surface area contributed by atoms with Crippen molar-refractivity contribution in [2.45, 2.75) is 32.1 Å². The Hall–Kier alpha value is -2.21. The fourth-order valence-corrected chi connectivity index (χ4v) is 4.14. The number of nitrogens with zero attached hydrogens (tertiary/aromatic N) is 1. The molecule has 0 bridgehead atoms. The van der Waals surface area contributed by atoms with Crippen molar-refractivity contribution in [1.29, 1.82) is 0 Å².